The molecule has 0 aliphatic carbocycles. The molecule has 1 heterocycles. The van der Waals surface area contributed by atoms with Gasteiger partial charge in [-0.05, 0) is 37.0 Å². The number of carbonyl (C=O) groups excluding carboxylic acids is 1. The molecule has 2 aromatic carbocycles. The highest BCUT2D eigenvalue weighted by Gasteiger charge is 2.16. The molecule has 0 saturated heterocycles. The summed E-state index contributed by atoms with van der Waals surface area (Å²) in [6, 6.07) is 16.1. The molecule has 1 aromatic heterocycles. The molecule has 0 saturated carbocycles. The molecule has 0 fully saturated rings. The van der Waals surface area contributed by atoms with Crippen LogP contribution in [0.25, 0.3) is 5.69 Å². The fraction of sp³-hybridized carbons (Fsp3) is 0.318. The van der Waals surface area contributed by atoms with E-state index in [0.717, 1.165) is 22.2 Å². The second-order valence-electron chi connectivity index (χ2n) is 7.74. The molecule has 0 aliphatic heterocycles. The van der Waals surface area contributed by atoms with Crippen molar-refractivity contribution < 1.29 is 4.79 Å². The number of hydrogen-bond donors (Lipinski definition) is 0. The number of benzene rings is 2. The van der Waals surface area contributed by atoms with Gasteiger partial charge in [-0.1, -0.05) is 74.5 Å². The summed E-state index contributed by atoms with van der Waals surface area (Å²) >= 11 is 1.42. The third-order valence-corrected chi connectivity index (χ3v) is 5.42. The minimum atomic E-state index is 0.0817. The normalized spacial score (nSPS) is 11.6. The molecule has 140 valence electrons. The van der Waals surface area contributed by atoms with Crippen LogP contribution in [0.5, 0.6) is 0 Å². The van der Waals surface area contributed by atoms with Gasteiger partial charge in [-0.15, -0.1) is 10.2 Å². The van der Waals surface area contributed by atoms with Gasteiger partial charge < -0.3 is 0 Å². The van der Waals surface area contributed by atoms with Crippen molar-refractivity contribution in [1.29, 1.82) is 0 Å². The van der Waals surface area contributed by atoms with Crippen molar-refractivity contribution in [2.24, 2.45) is 0 Å². The van der Waals surface area contributed by atoms with E-state index in [-0.39, 0.29) is 11.2 Å². The van der Waals surface area contributed by atoms with Crippen LogP contribution in [0.3, 0.4) is 0 Å². The molecule has 0 unspecified atom stereocenters. The molecule has 27 heavy (non-hydrogen) atoms. The SMILES string of the molecule is Cc1ccc(-n2c(C)nnc2SCC(=O)c2ccc(C(C)(C)C)cc2)cc1. The van der Waals surface area contributed by atoms with Gasteiger partial charge in [0.1, 0.15) is 5.82 Å². The van der Waals surface area contributed by atoms with E-state index in [2.05, 4.69) is 50.0 Å². The van der Waals surface area contributed by atoms with Gasteiger partial charge in [0.2, 0.25) is 0 Å². The van der Waals surface area contributed by atoms with Crippen LogP contribution < -0.4 is 0 Å². The average molecular weight is 380 g/mol. The van der Waals surface area contributed by atoms with Gasteiger partial charge >= 0.3 is 0 Å². The van der Waals surface area contributed by atoms with E-state index in [1.807, 2.05) is 47.9 Å². The number of aromatic nitrogens is 3. The molecule has 0 bridgehead atoms. The number of hydrogen-bond acceptors (Lipinski definition) is 4. The molecule has 5 heteroatoms. The molecule has 0 N–H and O–H groups in total. The first kappa shape index (κ1) is 19.4. The minimum absolute atomic E-state index is 0.0817. The van der Waals surface area contributed by atoms with Crippen molar-refractivity contribution >= 4 is 17.5 Å². The minimum Gasteiger partial charge on any atom is -0.293 e. The van der Waals surface area contributed by atoms with Crippen LogP contribution in [-0.2, 0) is 5.41 Å². The number of thioether (sulfide) groups is 1. The summed E-state index contributed by atoms with van der Waals surface area (Å²) in [6.07, 6.45) is 0. The van der Waals surface area contributed by atoms with Gasteiger partial charge in [-0.2, -0.15) is 0 Å². The van der Waals surface area contributed by atoms with Gasteiger partial charge in [0.25, 0.3) is 0 Å². The van der Waals surface area contributed by atoms with Crippen molar-refractivity contribution in [3.05, 3.63) is 71.0 Å². The van der Waals surface area contributed by atoms with Crippen molar-refractivity contribution in [1.82, 2.24) is 14.8 Å². The third kappa shape index (κ3) is 4.48. The van der Waals surface area contributed by atoms with Gasteiger partial charge in [0.15, 0.2) is 10.9 Å². The molecule has 0 atom stereocenters. The summed E-state index contributed by atoms with van der Waals surface area (Å²) in [5.74, 6) is 1.23. The number of Topliss-reactive ketones (excluding diaryl/α,β-unsaturated/α-hetero) is 1. The molecule has 0 amide bonds. The summed E-state index contributed by atoms with van der Waals surface area (Å²) in [4.78, 5) is 12.6. The van der Waals surface area contributed by atoms with E-state index < -0.39 is 0 Å². The highest BCUT2D eigenvalue weighted by atomic mass is 32.2. The lowest BCUT2D eigenvalue weighted by Crippen LogP contribution is -2.11. The Labute approximate surface area is 165 Å². The van der Waals surface area contributed by atoms with E-state index >= 15 is 0 Å². The Morgan fingerprint density at radius 3 is 2.19 bits per heavy atom. The largest absolute Gasteiger partial charge is 0.293 e. The molecular formula is C22H25N3OS. The third-order valence-electron chi connectivity index (χ3n) is 4.49. The number of ketones is 1. The fourth-order valence-corrected chi connectivity index (χ4v) is 3.69. The quantitative estimate of drug-likeness (QED) is 0.454. The van der Waals surface area contributed by atoms with Crippen molar-refractivity contribution in [3.8, 4) is 5.69 Å². The maximum Gasteiger partial charge on any atom is 0.196 e. The summed E-state index contributed by atoms with van der Waals surface area (Å²) < 4.78 is 1.99. The lowest BCUT2D eigenvalue weighted by atomic mass is 9.86. The highest BCUT2D eigenvalue weighted by molar-refractivity contribution is 7.99. The zero-order chi connectivity index (χ0) is 19.6. The van der Waals surface area contributed by atoms with Crippen LogP contribution in [0.4, 0.5) is 0 Å². The van der Waals surface area contributed by atoms with Gasteiger partial charge in [-0.25, -0.2) is 0 Å². The summed E-state index contributed by atoms with van der Waals surface area (Å²) in [7, 11) is 0. The van der Waals surface area contributed by atoms with Crippen LogP contribution >= 0.6 is 11.8 Å². The molecule has 4 nitrogen and oxygen atoms in total. The Balaban J connectivity index is 1.74. The predicted molar refractivity (Wildman–Crippen MR) is 111 cm³/mol. The van der Waals surface area contributed by atoms with Crippen LogP contribution in [0, 0.1) is 13.8 Å². The smallest absolute Gasteiger partial charge is 0.196 e. The summed E-state index contributed by atoms with van der Waals surface area (Å²) in [6.45, 7) is 10.5. The van der Waals surface area contributed by atoms with E-state index in [1.165, 1.54) is 22.9 Å². The molecular weight excluding hydrogens is 354 g/mol. The lowest BCUT2D eigenvalue weighted by molar-refractivity contribution is 0.102. The zero-order valence-electron chi connectivity index (χ0n) is 16.5. The van der Waals surface area contributed by atoms with Crippen LogP contribution in [0.15, 0.2) is 53.7 Å². The Morgan fingerprint density at radius 1 is 0.963 bits per heavy atom. The average Bonchev–Trinajstić information content (AvgIpc) is 3.00. The second kappa shape index (κ2) is 7.69. The van der Waals surface area contributed by atoms with Crippen molar-refractivity contribution in [2.45, 2.75) is 45.2 Å². The first-order chi connectivity index (χ1) is 12.8. The Bertz CT molecular complexity index is 935. The van der Waals surface area contributed by atoms with Crippen LogP contribution in [0.2, 0.25) is 0 Å². The Morgan fingerprint density at radius 2 is 1.59 bits per heavy atom. The van der Waals surface area contributed by atoms with E-state index in [0.29, 0.717) is 5.75 Å². The molecule has 0 aliphatic rings. The highest BCUT2D eigenvalue weighted by Crippen LogP contribution is 2.25. The number of nitrogens with zero attached hydrogens (tertiary/aromatic N) is 3. The van der Waals surface area contributed by atoms with Gasteiger partial charge in [0.05, 0.1) is 5.75 Å². The number of rotatable bonds is 5. The zero-order valence-corrected chi connectivity index (χ0v) is 17.3. The monoisotopic (exact) mass is 379 g/mol. The predicted octanol–water partition coefficient (Wildman–Crippen LogP) is 5.16. The first-order valence-corrected chi connectivity index (χ1v) is 10.00. The fourth-order valence-electron chi connectivity index (χ4n) is 2.80. The molecule has 3 rings (SSSR count). The maximum absolute atomic E-state index is 12.6. The lowest BCUT2D eigenvalue weighted by Gasteiger charge is -2.18. The molecule has 0 radical (unpaired) electrons. The Hall–Kier alpha value is -2.40. The topological polar surface area (TPSA) is 47.8 Å². The first-order valence-electron chi connectivity index (χ1n) is 9.01. The number of carbonyl (C=O) groups is 1. The standard InChI is InChI=1S/C22H25N3OS/c1-15-6-12-19(13-7-15)25-16(2)23-24-21(25)27-14-20(26)17-8-10-18(11-9-17)22(3,4)5/h6-13H,14H2,1-5H3. The van der Waals surface area contributed by atoms with E-state index in [1.54, 1.807) is 0 Å². The summed E-state index contributed by atoms with van der Waals surface area (Å²) in [5, 5.41) is 9.17. The van der Waals surface area contributed by atoms with E-state index in [9.17, 15) is 4.79 Å². The second-order valence-corrected chi connectivity index (χ2v) is 8.68. The maximum atomic E-state index is 12.6. The molecule has 3 aromatic rings. The Kier molecular flexibility index (Phi) is 5.51. The van der Waals surface area contributed by atoms with Crippen LogP contribution in [0.1, 0.15) is 48.1 Å². The molecule has 0 spiro atoms. The van der Waals surface area contributed by atoms with Crippen molar-refractivity contribution in [3.63, 3.8) is 0 Å². The van der Waals surface area contributed by atoms with E-state index in [4.69, 9.17) is 0 Å². The number of aryl methyl sites for hydroxylation is 2. The van der Waals surface area contributed by atoms with Gasteiger partial charge in [0, 0.05) is 11.3 Å². The van der Waals surface area contributed by atoms with Crippen molar-refractivity contribution in [2.75, 3.05) is 5.75 Å². The summed E-state index contributed by atoms with van der Waals surface area (Å²) in [5.41, 5.74) is 4.24. The van der Waals surface area contributed by atoms with Gasteiger partial charge in [-0.3, -0.25) is 9.36 Å². The van der Waals surface area contributed by atoms with Crippen LogP contribution in [-0.4, -0.2) is 26.3 Å².